The van der Waals surface area contributed by atoms with Crippen molar-refractivity contribution in [2.75, 3.05) is 19.0 Å². The van der Waals surface area contributed by atoms with Crippen LogP contribution >= 0.6 is 38.9 Å². The summed E-state index contributed by atoms with van der Waals surface area (Å²) in [5.74, 6) is 0.709. The molecule has 1 aromatic rings. The molecule has 0 amide bonds. The molecular weight excluding hydrogens is 270 g/mol. The molecule has 0 aliphatic carbocycles. The maximum Gasteiger partial charge on any atom is 0.0701 e. The van der Waals surface area contributed by atoms with Crippen molar-refractivity contribution in [3.63, 3.8) is 0 Å². The quantitative estimate of drug-likeness (QED) is 0.746. The van der Waals surface area contributed by atoms with Gasteiger partial charge in [-0.2, -0.15) is 0 Å². The fourth-order valence-corrected chi connectivity index (χ4v) is 2.89. The Morgan fingerprint density at radius 1 is 1.54 bits per heavy atom. The highest BCUT2D eigenvalue weighted by molar-refractivity contribution is 9.11. The molecule has 0 spiro atoms. The maximum absolute atomic E-state index is 5.70. The van der Waals surface area contributed by atoms with Crippen LogP contribution in [0.15, 0.2) is 15.9 Å². The van der Waals surface area contributed by atoms with E-state index in [0.717, 1.165) is 19.6 Å². The molecule has 0 saturated heterocycles. The van der Waals surface area contributed by atoms with E-state index >= 15 is 0 Å². The Morgan fingerprint density at radius 3 is 2.77 bits per heavy atom. The zero-order chi connectivity index (χ0) is 9.68. The number of halogens is 2. The SMILES string of the molecule is CCN(CCCl)Cc1ccc(Br)s1. The highest BCUT2D eigenvalue weighted by Crippen LogP contribution is 2.23. The molecule has 1 aromatic heterocycles. The van der Waals surface area contributed by atoms with Gasteiger partial charge in [0, 0.05) is 23.8 Å². The van der Waals surface area contributed by atoms with Gasteiger partial charge < -0.3 is 0 Å². The van der Waals surface area contributed by atoms with Gasteiger partial charge in [0.05, 0.1) is 3.79 Å². The van der Waals surface area contributed by atoms with E-state index in [4.69, 9.17) is 11.6 Å². The summed E-state index contributed by atoms with van der Waals surface area (Å²) in [6.07, 6.45) is 0. The summed E-state index contributed by atoms with van der Waals surface area (Å²) in [5, 5.41) is 0. The first-order chi connectivity index (χ1) is 6.26. The van der Waals surface area contributed by atoms with E-state index in [9.17, 15) is 0 Å². The van der Waals surface area contributed by atoms with Gasteiger partial charge in [-0.05, 0) is 34.6 Å². The van der Waals surface area contributed by atoms with E-state index in [1.807, 2.05) is 0 Å². The van der Waals surface area contributed by atoms with Gasteiger partial charge in [0.1, 0.15) is 0 Å². The van der Waals surface area contributed by atoms with E-state index in [0.29, 0.717) is 5.88 Å². The summed E-state index contributed by atoms with van der Waals surface area (Å²) in [7, 11) is 0. The number of hydrogen-bond donors (Lipinski definition) is 0. The minimum absolute atomic E-state index is 0.709. The molecule has 0 unspecified atom stereocenters. The van der Waals surface area contributed by atoms with Crippen molar-refractivity contribution >= 4 is 38.9 Å². The third-order valence-electron chi connectivity index (χ3n) is 1.86. The lowest BCUT2D eigenvalue weighted by Gasteiger charge is -2.17. The van der Waals surface area contributed by atoms with Crippen molar-refractivity contribution in [1.29, 1.82) is 0 Å². The molecular formula is C9H13BrClNS. The van der Waals surface area contributed by atoms with Crippen molar-refractivity contribution in [2.24, 2.45) is 0 Å². The van der Waals surface area contributed by atoms with Crippen LogP contribution in [-0.4, -0.2) is 23.9 Å². The standard InChI is InChI=1S/C9H13BrClNS/c1-2-12(6-5-11)7-8-3-4-9(10)13-8/h3-4H,2,5-7H2,1H3. The van der Waals surface area contributed by atoms with Crippen molar-refractivity contribution in [3.8, 4) is 0 Å². The van der Waals surface area contributed by atoms with Crippen LogP contribution in [0, 0.1) is 0 Å². The van der Waals surface area contributed by atoms with Crippen molar-refractivity contribution in [1.82, 2.24) is 4.90 Å². The molecule has 1 heterocycles. The molecule has 0 aromatic carbocycles. The van der Waals surface area contributed by atoms with E-state index in [1.165, 1.54) is 8.66 Å². The molecule has 74 valence electrons. The van der Waals surface area contributed by atoms with Gasteiger partial charge in [-0.25, -0.2) is 0 Å². The summed E-state index contributed by atoms with van der Waals surface area (Å²) in [6, 6.07) is 4.25. The average Bonchev–Trinajstić information content (AvgIpc) is 2.50. The van der Waals surface area contributed by atoms with E-state index in [1.54, 1.807) is 11.3 Å². The molecule has 0 radical (unpaired) electrons. The number of thiophene rings is 1. The first-order valence-electron chi connectivity index (χ1n) is 4.28. The Balaban J connectivity index is 2.46. The van der Waals surface area contributed by atoms with Crippen LogP contribution in [0.3, 0.4) is 0 Å². The van der Waals surface area contributed by atoms with Crippen LogP contribution < -0.4 is 0 Å². The Kier molecular flexibility index (Phi) is 5.32. The average molecular weight is 283 g/mol. The van der Waals surface area contributed by atoms with E-state index in [2.05, 4.69) is 39.9 Å². The number of alkyl halides is 1. The maximum atomic E-state index is 5.70. The van der Waals surface area contributed by atoms with Gasteiger partial charge in [-0.15, -0.1) is 22.9 Å². The van der Waals surface area contributed by atoms with Crippen LogP contribution in [0.4, 0.5) is 0 Å². The van der Waals surface area contributed by atoms with Crippen LogP contribution in [0.25, 0.3) is 0 Å². The highest BCUT2D eigenvalue weighted by atomic mass is 79.9. The van der Waals surface area contributed by atoms with Gasteiger partial charge in [0.2, 0.25) is 0 Å². The third kappa shape index (κ3) is 3.98. The van der Waals surface area contributed by atoms with Gasteiger partial charge in [0.15, 0.2) is 0 Å². The molecule has 0 aliphatic heterocycles. The Labute approximate surface area is 96.8 Å². The lowest BCUT2D eigenvalue weighted by molar-refractivity contribution is 0.300. The molecule has 0 bridgehead atoms. The molecule has 1 rings (SSSR count). The first-order valence-corrected chi connectivity index (χ1v) is 6.43. The molecule has 4 heteroatoms. The van der Waals surface area contributed by atoms with Crippen molar-refractivity contribution < 1.29 is 0 Å². The fourth-order valence-electron chi connectivity index (χ4n) is 1.13. The molecule has 0 aliphatic rings. The second-order valence-corrected chi connectivity index (χ2v) is 5.69. The second-order valence-electron chi connectivity index (χ2n) is 2.76. The summed E-state index contributed by atoms with van der Waals surface area (Å²) in [4.78, 5) is 3.73. The normalized spacial score (nSPS) is 11.1. The first kappa shape index (κ1) is 11.5. The monoisotopic (exact) mass is 281 g/mol. The number of nitrogens with zero attached hydrogens (tertiary/aromatic N) is 1. The lowest BCUT2D eigenvalue weighted by Crippen LogP contribution is -2.24. The topological polar surface area (TPSA) is 3.24 Å². The smallest absolute Gasteiger partial charge is 0.0701 e. The Morgan fingerprint density at radius 2 is 2.31 bits per heavy atom. The molecule has 0 saturated carbocycles. The lowest BCUT2D eigenvalue weighted by atomic mass is 10.4. The van der Waals surface area contributed by atoms with E-state index < -0.39 is 0 Å². The van der Waals surface area contributed by atoms with Crippen LogP contribution in [0.1, 0.15) is 11.8 Å². The predicted molar refractivity (Wildman–Crippen MR) is 63.7 cm³/mol. The minimum atomic E-state index is 0.709. The van der Waals surface area contributed by atoms with Crippen molar-refractivity contribution in [2.45, 2.75) is 13.5 Å². The number of hydrogen-bond acceptors (Lipinski definition) is 2. The highest BCUT2D eigenvalue weighted by Gasteiger charge is 2.04. The summed E-state index contributed by atoms with van der Waals surface area (Å²) < 4.78 is 1.20. The van der Waals surface area contributed by atoms with Gasteiger partial charge in [0.25, 0.3) is 0 Å². The second kappa shape index (κ2) is 6.02. The van der Waals surface area contributed by atoms with Crippen molar-refractivity contribution in [3.05, 3.63) is 20.8 Å². The largest absolute Gasteiger partial charge is 0.297 e. The third-order valence-corrected chi connectivity index (χ3v) is 3.63. The fraction of sp³-hybridized carbons (Fsp3) is 0.556. The summed E-state index contributed by atoms with van der Waals surface area (Å²) in [5.41, 5.74) is 0. The molecule has 0 fully saturated rings. The van der Waals surface area contributed by atoms with Gasteiger partial charge in [-0.1, -0.05) is 6.92 Å². The molecule has 0 atom stereocenters. The van der Waals surface area contributed by atoms with Crippen LogP contribution in [0.5, 0.6) is 0 Å². The molecule has 0 N–H and O–H groups in total. The van der Waals surface area contributed by atoms with Gasteiger partial charge >= 0.3 is 0 Å². The summed E-state index contributed by atoms with van der Waals surface area (Å²) in [6.45, 7) is 5.20. The zero-order valence-electron chi connectivity index (χ0n) is 7.59. The minimum Gasteiger partial charge on any atom is -0.297 e. The summed E-state index contributed by atoms with van der Waals surface area (Å²) >= 11 is 10.9. The van der Waals surface area contributed by atoms with Crippen LogP contribution in [0.2, 0.25) is 0 Å². The Bertz CT molecular complexity index is 252. The molecule has 13 heavy (non-hydrogen) atoms. The zero-order valence-corrected chi connectivity index (χ0v) is 10.8. The molecule has 1 nitrogen and oxygen atoms in total. The van der Waals surface area contributed by atoms with Gasteiger partial charge in [-0.3, -0.25) is 4.90 Å². The predicted octanol–water partition coefficient (Wildman–Crippen LogP) is 3.57. The van der Waals surface area contributed by atoms with E-state index in [-0.39, 0.29) is 0 Å². The Hall–Kier alpha value is 0.430. The number of rotatable bonds is 5. The van der Waals surface area contributed by atoms with Crippen LogP contribution in [-0.2, 0) is 6.54 Å².